The van der Waals surface area contributed by atoms with Crippen LogP contribution in [0.15, 0.2) is 30.3 Å². The first-order chi connectivity index (χ1) is 13.6. The fourth-order valence-electron chi connectivity index (χ4n) is 3.35. The molecule has 0 radical (unpaired) electrons. The number of nitrogens with one attached hydrogen (secondary N) is 1. The summed E-state index contributed by atoms with van der Waals surface area (Å²) in [5.74, 6) is -1.64. The molecule has 1 aromatic rings. The van der Waals surface area contributed by atoms with Gasteiger partial charge in [0.05, 0.1) is 12.7 Å². The first-order valence-corrected chi connectivity index (χ1v) is 9.74. The van der Waals surface area contributed by atoms with Crippen molar-refractivity contribution in [3.63, 3.8) is 0 Å². The second kappa shape index (κ2) is 9.84. The van der Waals surface area contributed by atoms with Crippen LogP contribution < -0.4 is 5.32 Å². The van der Waals surface area contributed by atoms with Gasteiger partial charge in [-0.1, -0.05) is 30.3 Å². The molecule has 2 N–H and O–H groups in total. The molecule has 3 atom stereocenters. The van der Waals surface area contributed by atoms with Crippen LogP contribution in [-0.2, 0) is 19.1 Å². The summed E-state index contributed by atoms with van der Waals surface area (Å²) in [4.78, 5) is 36.9. The van der Waals surface area contributed by atoms with Crippen LogP contribution in [0.1, 0.15) is 45.8 Å². The zero-order valence-corrected chi connectivity index (χ0v) is 17.4. The predicted octanol–water partition coefficient (Wildman–Crippen LogP) is 2.59. The van der Waals surface area contributed by atoms with Crippen LogP contribution in [0.25, 0.3) is 0 Å². The van der Waals surface area contributed by atoms with Gasteiger partial charge in [0, 0.05) is 26.0 Å². The van der Waals surface area contributed by atoms with Crippen molar-refractivity contribution in [2.75, 3.05) is 19.8 Å². The average Bonchev–Trinajstić information content (AvgIpc) is 3.20. The monoisotopic (exact) mass is 406 g/mol. The van der Waals surface area contributed by atoms with Gasteiger partial charge < -0.3 is 19.9 Å². The fraction of sp³-hybridized carbons (Fsp3) is 0.571. The SMILES string of the molecule is CC(=O)N(C(=O)NCC(OC(C)C1CCOC1)c1ccccc1)C(C)(C)C(=O)O. The van der Waals surface area contributed by atoms with Gasteiger partial charge >= 0.3 is 12.0 Å². The maximum absolute atomic E-state index is 12.7. The Morgan fingerprint density at radius 2 is 1.97 bits per heavy atom. The van der Waals surface area contributed by atoms with Gasteiger partial charge in [-0.2, -0.15) is 0 Å². The number of imide groups is 1. The smallest absolute Gasteiger partial charge is 0.329 e. The largest absolute Gasteiger partial charge is 0.480 e. The summed E-state index contributed by atoms with van der Waals surface area (Å²) in [6.45, 7) is 7.21. The number of carboxylic acids is 1. The highest BCUT2D eigenvalue weighted by Crippen LogP contribution is 2.26. The number of carbonyl (C=O) groups excluding carboxylic acids is 2. The number of nitrogens with zero attached hydrogens (tertiary/aromatic N) is 1. The van der Waals surface area contributed by atoms with Crippen molar-refractivity contribution in [1.82, 2.24) is 10.2 Å². The van der Waals surface area contributed by atoms with E-state index in [0.717, 1.165) is 18.9 Å². The van der Waals surface area contributed by atoms with E-state index in [1.165, 1.54) is 13.8 Å². The van der Waals surface area contributed by atoms with Crippen LogP contribution in [0.2, 0.25) is 0 Å². The predicted molar refractivity (Wildman–Crippen MR) is 106 cm³/mol. The normalized spacial score (nSPS) is 18.7. The highest BCUT2D eigenvalue weighted by atomic mass is 16.5. The number of aliphatic carboxylic acids is 1. The topological polar surface area (TPSA) is 105 Å². The minimum Gasteiger partial charge on any atom is -0.480 e. The Morgan fingerprint density at radius 1 is 1.31 bits per heavy atom. The molecule has 0 bridgehead atoms. The molecular formula is C21H30N2O6. The summed E-state index contributed by atoms with van der Waals surface area (Å²) >= 11 is 0. The number of carbonyl (C=O) groups is 3. The average molecular weight is 406 g/mol. The molecule has 1 fully saturated rings. The maximum atomic E-state index is 12.7. The van der Waals surface area contributed by atoms with Gasteiger partial charge in [-0.25, -0.2) is 14.5 Å². The van der Waals surface area contributed by atoms with Crippen molar-refractivity contribution in [3.05, 3.63) is 35.9 Å². The summed E-state index contributed by atoms with van der Waals surface area (Å²) in [6.07, 6.45) is 0.386. The van der Waals surface area contributed by atoms with E-state index in [9.17, 15) is 19.5 Å². The number of urea groups is 1. The van der Waals surface area contributed by atoms with E-state index in [0.29, 0.717) is 18.1 Å². The highest BCUT2D eigenvalue weighted by Gasteiger charge is 2.41. The minimum absolute atomic E-state index is 0.0843. The Bertz CT molecular complexity index is 715. The Morgan fingerprint density at radius 3 is 2.48 bits per heavy atom. The van der Waals surface area contributed by atoms with Crippen LogP contribution in [0.4, 0.5) is 4.79 Å². The van der Waals surface area contributed by atoms with Crippen molar-refractivity contribution < 1.29 is 29.0 Å². The molecule has 29 heavy (non-hydrogen) atoms. The number of benzene rings is 1. The van der Waals surface area contributed by atoms with E-state index >= 15 is 0 Å². The van der Waals surface area contributed by atoms with E-state index < -0.39 is 29.6 Å². The van der Waals surface area contributed by atoms with Gasteiger partial charge in [0.2, 0.25) is 5.91 Å². The lowest BCUT2D eigenvalue weighted by Crippen LogP contribution is -2.58. The first kappa shape index (κ1) is 22.8. The molecule has 1 saturated heterocycles. The van der Waals surface area contributed by atoms with Gasteiger partial charge in [0.25, 0.3) is 0 Å². The van der Waals surface area contributed by atoms with Crippen LogP contribution >= 0.6 is 0 Å². The zero-order valence-electron chi connectivity index (χ0n) is 17.4. The summed E-state index contributed by atoms with van der Waals surface area (Å²) < 4.78 is 11.7. The maximum Gasteiger partial charge on any atom is 0.329 e. The second-order valence-electron chi connectivity index (χ2n) is 7.77. The Labute approximate surface area is 171 Å². The number of carboxylic acid groups (broad SMARTS) is 1. The van der Waals surface area contributed by atoms with Crippen molar-refractivity contribution in [3.8, 4) is 0 Å². The van der Waals surface area contributed by atoms with Crippen LogP contribution in [0.5, 0.6) is 0 Å². The number of amides is 3. The third-order valence-corrected chi connectivity index (χ3v) is 5.22. The van der Waals surface area contributed by atoms with Crippen LogP contribution in [-0.4, -0.2) is 59.3 Å². The molecule has 2 rings (SSSR count). The van der Waals surface area contributed by atoms with E-state index in [4.69, 9.17) is 9.47 Å². The van der Waals surface area contributed by atoms with Crippen molar-refractivity contribution in [2.45, 2.75) is 51.9 Å². The highest BCUT2D eigenvalue weighted by molar-refractivity contribution is 5.99. The lowest BCUT2D eigenvalue weighted by atomic mass is 10.0. The summed E-state index contributed by atoms with van der Waals surface area (Å²) in [6, 6.07) is 8.68. The van der Waals surface area contributed by atoms with E-state index in [2.05, 4.69) is 5.32 Å². The molecular weight excluding hydrogens is 376 g/mol. The summed E-state index contributed by atoms with van der Waals surface area (Å²) in [7, 11) is 0. The summed E-state index contributed by atoms with van der Waals surface area (Å²) in [5, 5.41) is 12.1. The Kier molecular flexibility index (Phi) is 7.75. The van der Waals surface area contributed by atoms with Crippen LogP contribution in [0.3, 0.4) is 0 Å². The third kappa shape index (κ3) is 5.77. The number of rotatable bonds is 8. The van der Waals surface area contributed by atoms with Gasteiger partial charge in [0.15, 0.2) is 0 Å². The molecule has 1 aliphatic heterocycles. The molecule has 0 aromatic heterocycles. The van der Waals surface area contributed by atoms with Gasteiger partial charge in [-0.3, -0.25) is 4.79 Å². The van der Waals surface area contributed by atoms with Gasteiger partial charge in [-0.15, -0.1) is 0 Å². The molecule has 0 saturated carbocycles. The number of hydrogen-bond donors (Lipinski definition) is 2. The molecule has 1 aromatic carbocycles. The lowest BCUT2D eigenvalue weighted by molar-refractivity contribution is -0.152. The lowest BCUT2D eigenvalue weighted by Gasteiger charge is -2.33. The van der Waals surface area contributed by atoms with E-state index in [1.807, 2.05) is 37.3 Å². The molecule has 1 aliphatic rings. The third-order valence-electron chi connectivity index (χ3n) is 5.22. The van der Waals surface area contributed by atoms with Gasteiger partial charge in [-0.05, 0) is 32.8 Å². The first-order valence-electron chi connectivity index (χ1n) is 9.74. The Hall–Kier alpha value is -2.45. The van der Waals surface area contributed by atoms with E-state index in [-0.39, 0.29) is 18.6 Å². The molecule has 8 heteroatoms. The number of hydrogen-bond acceptors (Lipinski definition) is 5. The van der Waals surface area contributed by atoms with E-state index in [1.54, 1.807) is 0 Å². The minimum atomic E-state index is -1.67. The standard InChI is InChI=1S/C21H30N2O6/c1-14(17-10-11-28-13-17)29-18(16-8-6-5-7-9-16)12-22-20(27)23(15(2)24)21(3,4)19(25)26/h5-9,14,17-18H,10-13H2,1-4H3,(H,22,27)(H,25,26). The molecule has 8 nitrogen and oxygen atoms in total. The second-order valence-corrected chi connectivity index (χ2v) is 7.77. The quantitative estimate of drug-likeness (QED) is 0.687. The molecule has 3 amide bonds. The van der Waals surface area contributed by atoms with Crippen molar-refractivity contribution in [1.29, 1.82) is 0 Å². The molecule has 160 valence electrons. The van der Waals surface area contributed by atoms with Gasteiger partial charge in [0.1, 0.15) is 11.6 Å². The van der Waals surface area contributed by atoms with Crippen molar-refractivity contribution >= 4 is 17.9 Å². The molecule has 0 aliphatic carbocycles. The number of ether oxygens (including phenoxy) is 2. The molecule has 0 spiro atoms. The summed E-state index contributed by atoms with van der Waals surface area (Å²) in [5.41, 5.74) is -0.793. The molecule has 3 unspecified atom stereocenters. The fourth-order valence-corrected chi connectivity index (χ4v) is 3.35. The Balaban J connectivity index is 2.12. The molecule has 1 heterocycles. The zero-order chi connectivity index (χ0) is 21.6. The van der Waals surface area contributed by atoms with Crippen molar-refractivity contribution in [2.24, 2.45) is 5.92 Å². The van der Waals surface area contributed by atoms with Crippen LogP contribution in [0, 0.1) is 5.92 Å².